The van der Waals surface area contributed by atoms with Gasteiger partial charge in [-0.3, -0.25) is 0 Å². The first kappa shape index (κ1) is 16.4. The molecule has 0 bridgehead atoms. The Balaban J connectivity index is 1.42. The molecule has 1 saturated heterocycles. The van der Waals surface area contributed by atoms with E-state index in [0.717, 1.165) is 18.9 Å². The fourth-order valence-electron chi connectivity index (χ4n) is 3.10. The zero-order valence-electron chi connectivity index (χ0n) is 13.2. The van der Waals surface area contributed by atoms with Gasteiger partial charge in [-0.15, -0.1) is 0 Å². The van der Waals surface area contributed by atoms with E-state index in [2.05, 4.69) is 0 Å². The maximum Gasteiger partial charge on any atom is 0.497 e. The molecule has 118 valence electrons. The van der Waals surface area contributed by atoms with Gasteiger partial charge in [0, 0.05) is 27.4 Å². The van der Waals surface area contributed by atoms with Gasteiger partial charge >= 0.3 is 8.80 Å². The first-order valence-corrected chi connectivity index (χ1v) is 10.3. The third-order valence-corrected chi connectivity index (χ3v) is 6.94. The molecular formula is C15H30O4Si. The van der Waals surface area contributed by atoms with E-state index in [1.807, 2.05) is 6.55 Å². The molecule has 1 aliphatic carbocycles. The van der Waals surface area contributed by atoms with Gasteiger partial charge in [0.15, 0.2) is 0 Å². The smallest absolute Gasteiger partial charge is 0.377 e. The molecule has 5 heteroatoms. The van der Waals surface area contributed by atoms with Gasteiger partial charge in [-0.2, -0.15) is 0 Å². The molecule has 4 nitrogen and oxygen atoms in total. The van der Waals surface area contributed by atoms with Crippen molar-refractivity contribution in [2.45, 2.75) is 70.1 Å². The molecule has 1 heterocycles. The van der Waals surface area contributed by atoms with Crippen LogP contribution in [0.1, 0.15) is 51.4 Å². The van der Waals surface area contributed by atoms with Crippen molar-refractivity contribution in [1.82, 2.24) is 0 Å². The normalized spacial score (nSPS) is 29.2. The van der Waals surface area contributed by atoms with Crippen LogP contribution in [0.15, 0.2) is 0 Å². The van der Waals surface area contributed by atoms with Gasteiger partial charge in [-0.05, 0) is 31.6 Å². The van der Waals surface area contributed by atoms with Gasteiger partial charge in [0.1, 0.15) is 0 Å². The maximum absolute atomic E-state index is 5.72. The summed E-state index contributed by atoms with van der Waals surface area (Å²) in [4.78, 5) is 0. The Bertz CT molecular complexity index is 283. The largest absolute Gasteiger partial charge is 0.497 e. The number of hydrogen-bond acceptors (Lipinski definition) is 4. The van der Waals surface area contributed by atoms with Gasteiger partial charge < -0.3 is 18.0 Å². The number of hydrogen-bond donors (Lipinski definition) is 0. The minimum absolute atomic E-state index is 0.632. The molecule has 0 spiro atoms. The summed E-state index contributed by atoms with van der Waals surface area (Å²) in [6, 6.07) is 0. The molecule has 0 aromatic carbocycles. The van der Waals surface area contributed by atoms with Crippen LogP contribution in [0.4, 0.5) is 0 Å². The Labute approximate surface area is 124 Å². The Hall–Kier alpha value is 0.0569. The Morgan fingerprint density at radius 1 is 1.00 bits per heavy atom. The van der Waals surface area contributed by atoms with Crippen molar-refractivity contribution < 1.29 is 18.0 Å². The molecule has 2 rings (SSSR count). The van der Waals surface area contributed by atoms with Crippen LogP contribution >= 0.6 is 0 Å². The van der Waals surface area contributed by atoms with E-state index in [9.17, 15) is 0 Å². The molecule has 0 aromatic heterocycles. The number of epoxide rings is 1. The molecule has 1 aliphatic heterocycles. The Morgan fingerprint density at radius 3 is 2.45 bits per heavy atom. The summed E-state index contributed by atoms with van der Waals surface area (Å²) in [6.45, 7) is 2.69. The summed E-state index contributed by atoms with van der Waals surface area (Å²) < 4.78 is 21.9. The second-order valence-electron chi connectivity index (χ2n) is 6.21. The molecule has 3 atom stereocenters. The average Bonchev–Trinajstić information content (AvgIpc) is 3.24. The van der Waals surface area contributed by atoms with E-state index >= 15 is 0 Å². The SMILES string of the molecule is CO[Si](C)(OC)OCCCCCCC1CCC2OC2C1. The number of rotatable bonds is 10. The molecule has 2 fully saturated rings. The lowest BCUT2D eigenvalue weighted by atomic mass is 9.85. The summed E-state index contributed by atoms with van der Waals surface area (Å²) in [5.74, 6) is 0.924. The Morgan fingerprint density at radius 2 is 1.75 bits per heavy atom. The van der Waals surface area contributed by atoms with Gasteiger partial charge in [0.25, 0.3) is 0 Å². The molecule has 0 N–H and O–H groups in total. The van der Waals surface area contributed by atoms with E-state index in [-0.39, 0.29) is 0 Å². The van der Waals surface area contributed by atoms with Crippen LogP contribution in [-0.2, 0) is 18.0 Å². The molecule has 20 heavy (non-hydrogen) atoms. The zero-order chi connectivity index (χ0) is 14.4. The van der Waals surface area contributed by atoms with E-state index in [1.165, 1.54) is 44.9 Å². The van der Waals surface area contributed by atoms with Crippen LogP contribution < -0.4 is 0 Å². The standard InChI is InChI=1S/C15H30O4Si/c1-16-20(3,17-2)18-11-7-5-4-6-8-13-9-10-14-15(12-13)19-14/h13-15H,4-12H2,1-3H3. The van der Waals surface area contributed by atoms with Crippen molar-refractivity contribution in [3.8, 4) is 0 Å². The molecule has 0 radical (unpaired) electrons. The van der Waals surface area contributed by atoms with Crippen molar-refractivity contribution in [2.24, 2.45) is 5.92 Å². The predicted octanol–water partition coefficient (Wildman–Crippen LogP) is 3.38. The lowest BCUT2D eigenvalue weighted by molar-refractivity contribution is 0.104. The minimum Gasteiger partial charge on any atom is -0.377 e. The van der Waals surface area contributed by atoms with E-state index < -0.39 is 8.80 Å². The number of unbranched alkanes of at least 4 members (excludes halogenated alkanes) is 3. The van der Waals surface area contributed by atoms with Crippen LogP contribution in [0, 0.1) is 5.92 Å². The fourth-order valence-corrected chi connectivity index (χ4v) is 4.01. The quantitative estimate of drug-likeness (QED) is 0.352. The summed E-state index contributed by atoms with van der Waals surface area (Å²) in [5, 5.41) is 0. The molecule has 2 aliphatic rings. The fraction of sp³-hybridized carbons (Fsp3) is 1.00. The topological polar surface area (TPSA) is 40.2 Å². The lowest BCUT2D eigenvalue weighted by Gasteiger charge is -2.22. The van der Waals surface area contributed by atoms with Gasteiger partial charge in [0.05, 0.1) is 12.2 Å². The first-order valence-electron chi connectivity index (χ1n) is 8.06. The van der Waals surface area contributed by atoms with Crippen molar-refractivity contribution in [3.05, 3.63) is 0 Å². The van der Waals surface area contributed by atoms with Crippen LogP contribution in [0.3, 0.4) is 0 Å². The van der Waals surface area contributed by atoms with E-state index in [1.54, 1.807) is 14.2 Å². The van der Waals surface area contributed by atoms with E-state index in [4.69, 9.17) is 18.0 Å². The summed E-state index contributed by atoms with van der Waals surface area (Å²) in [7, 11) is 1.01. The van der Waals surface area contributed by atoms with Crippen molar-refractivity contribution >= 4 is 8.80 Å². The summed E-state index contributed by atoms with van der Waals surface area (Å²) >= 11 is 0. The highest BCUT2D eigenvalue weighted by atomic mass is 28.4. The average molecular weight is 302 g/mol. The van der Waals surface area contributed by atoms with Crippen molar-refractivity contribution in [3.63, 3.8) is 0 Å². The summed E-state index contributed by atoms with van der Waals surface area (Å²) in [6.07, 6.45) is 11.7. The van der Waals surface area contributed by atoms with E-state index in [0.29, 0.717) is 12.2 Å². The number of ether oxygens (including phenoxy) is 1. The zero-order valence-corrected chi connectivity index (χ0v) is 14.2. The first-order chi connectivity index (χ1) is 9.67. The van der Waals surface area contributed by atoms with Crippen LogP contribution in [0.2, 0.25) is 6.55 Å². The highest BCUT2D eigenvalue weighted by molar-refractivity contribution is 6.59. The van der Waals surface area contributed by atoms with Gasteiger partial charge in [0.2, 0.25) is 0 Å². The van der Waals surface area contributed by atoms with Gasteiger partial charge in [-0.25, -0.2) is 0 Å². The molecule has 0 aromatic rings. The third kappa shape index (κ3) is 5.11. The third-order valence-electron chi connectivity index (χ3n) is 4.73. The second kappa shape index (κ2) is 7.89. The second-order valence-corrected chi connectivity index (χ2v) is 9.04. The Kier molecular flexibility index (Phi) is 6.48. The lowest BCUT2D eigenvalue weighted by Crippen LogP contribution is -2.40. The van der Waals surface area contributed by atoms with Crippen molar-refractivity contribution in [1.29, 1.82) is 0 Å². The molecule has 0 amide bonds. The summed E-state index contributed by atoms with van der Waals surface area (Å²) in [5.41, 5.74) is 0. The maximum atomic E-state index is 5.72. The molecule has 3 unspecified atom stereocenters. The highest BCUT2D eigenvalue weighted by Gasteiger charge is 2.43. The monoisotopic (exact) mass is 302 g/mol. The van der Waals surface area contributed by atoms with Crippen LogP contribution in [0.25, 0.3) is 0 Å². The minimum atomic E-state index is -2.31. The van der Waals surface area contributed by atoms with Crippen LogP contribution in [-0.4, -0.2) is 41.8 Å². The van der Waals surface area contributed by atoms with Gasteiger partial charge in [-0.1, -0.05) is 25.7 Å². The molecule has 1 saturated carbocycles. The predicted molar refractivity (Wildman–Crippen MR) is 80.7 cm³/mol. The number of fused-ring (bicyclic) bond motifs is 1. The molecular weight excluding hydrogens is 272 g/mol. The van der Waals surface area contributed by atoms with Crippen molar-refractivity contribution in [2.75, 3.05) is 20.8 Å². The highest BCUT2D eigenvalue weighted by Crippen LogP contribution is 2.41. The van der Waals surface area contributed by atoms with Crippen LogP contribution in [0.5, 0.6) is 0 Å².